The van der Waals surface area contributed by atoms with Gasteiger partial charge in [-0.1, -0.05) is 38.1 Å². The number of hydrogen-bond acceptors (Lipinski definition) is 7. The first-order valence-corrected chi connectivity index (χ1v) is 14.4. The van der Waals surface area contributed by atoms with Crippen molar-refractivity contribution in [2.75, 3.05) is 13.9 Å². The molecule has 0 radical (unpaired) electrons. The molecule has 5 rings (SSSR count). The molecular formula is C30H30N2O7S. The molecule has 0 fully saturated rings. The van der Waals surface area contributed by atoms with E-state index in [0.717, 1.165) is 5.56 Å². The van der Waals surface area contributed by atoms with Crippen molar-refractivity contribution in [3.8, 4) is 11.5 Å². The summed E-state index contributed by atoms with van der Waals surface area (Å²) in [5.74, 6) is -0.976. The van der Waals surface area contributed by atoms with Gasteiger partial charge in [-0.3, -0.25) is 4.79 Å². The van der Waals surface area contributed by atoms with E-state index < -0.39 is 27.8 Å². The number of nitrogens with zero attached hydrogens (tertiary/aromatic N) is 1. The van der Waals surface area contributed by atoms with E-state index in [1.54, 1.807) is 48.5 Å². The second-order valence-corrected chi connectivity index (χ2v) is 11.5. The van der Waals surface area contributed by atoms with Crippen LogP contribution in [0.5, 0.6) is 11.5 Å². The van der Waals surface area contributed by atoms with Crippen LogP contribution in [0, 0.1) is 0 Å². The molecule has 0 aliphatic carbocycles. The fourth-order valence-electron chi connectivity index (χ4n) is 4.90. The molecule has 9 nitrogen and oxygen atoms in total. The molecule has 1 atom stereocenters. The second kappa shape index (κ2) is 10.7. The van der Waals surface area contributed by atoms with Crippen LogP contribution in [0.4, 0.5) is 0 Å². The van der Waals surface area contributed by atoms with Crippen molar-refractivity contribution in [1.29, 1.82) is 0 Å². The molecule has 1 unspecified atom stereocenters. The molecule has 4 aromatic rings. The largest absolute Gasteiger partial charge is 0.465 e. The summed E-state index contributed by atoms with van der Waals surface area (Å²) in [6, 6.07) is 16.7. The molecule has 2 heterocycles. The van der Waals surface area contributed by atoms with Gasteiger partial charge in [-0.25, -0.2) is 17.9 Å². The third-order valence-electron chi connectivity index (χ3n) is 7.07. The van der Waals surface area contributed by atoms with E-state index >= 15 is 0 Å². The van der Waals surface area contributed by atoms with Gasteiger partial charge in [0.15, 0.2) is 11.5 Å². The van der Waals surface area contributed by atoms with E-state index in [2.05, 4.69) is 4.72 Å². The Hall–Kier alpha value is -4.31. The number of aromatic nitrogens is 1. The van der Waals surface area contributed by atoms with Crippen LogP contribution in [0.2, 0.25) is 0 Å². The van der Waals surface area contributed by atoms with Crippen molar-refractivity contribution in [2.45, 2.75) is 44.0 Å². The van der Waals surface area contributed by atoms with Gasteiger partial charge in [-0.15, -0.1) is 0 Å². The Morgan fingerprint density at radius 2 is 1.68 bits per heavy atom. The Labute approximate surface area is 232 Å². The number of nitrogens with one attached hydrogen (secondary N) is 1. The smallest absolute Gasteiger partial charge is 0.337 e. The minimum Gasteiger partial charge on any atom is -0.465 e. The number of ether oxygens (including phenoxy) is 3. The van der Waals surface area contributed by atoms with Gasteiger partial charge in [-0.2, -0.15) is 0 Å². The molecule has 1 aliphatic heterocycles. The number of hydrogen-bond donors (Lipinski definition) is 1. The number of methoxy groups -OCH3 is 1. The van der Waals surface area contributed by atoms with Crippen molar-refractivity contribution in [2.24, 2.45) is 0 Å². The SMILES string of the molecule is CCn1cc(C(C(=O)NS(=O)(=O)c2ccc(C(C)C)cc2)c2ccc3c(c2)OCO3)c2ccc(C(=O)OC)cc21. The number of carbonyl (C=O) groups excluding carboxylic acids is 2. The van der Waals surface area contributed by atoms with E-state index in [1.807, 2.05) is 31.5 Å². The maximum Gasteiger partial charge on any atom is 0.337 e. The molecule has 0 bridgehead atoms. The fourth-order valence-corrected chi connectivity index (χ4v) is 5.90. The molecule has 208 valence electrons. The first-order chi connectivity index (χ1) is 19.1. The normalized spacial score (nSPS) is 13.4. The monoisotopic (exact) mass is 562 g/mol. The van der Waals surface area contributed by atoms with E-state index in [0.29, 0.717) is 45.6 Å². The zero-order chi connectivity index (χ0) is 28.6. The lowest BCUT2D eigenvalue weighted by Crippen LogP contribution is -2.35. The molecular weight excluding hydrogens is 532 g/mol. The number of amides is 1. The van der Waals surface area contributed by atoms with Crippen molar-refractivity contribution < 1.29 is 32.2 Å². The first-order valence-electron chi connectivity index (χ1n) is 12.9. The third-order valence-corrected chi connectivity index (χ3v) is 8.43. The summed E-state index contributed by atoms with van der Waals surface area (Å²) in [5.41, 5.74) is 3.17. The lowest BCUT2D eigenvalue weighted by molar-refractivity contribution is -0.119. The van der Waals surface area contributed by atoms with Crippen LogP contribution in [0.25, 0.3) is 10.9 Å². The number of sulfonamides is 1. The zero-order valence-corrected chi connectivity index (χ0v) is 23.4. The first kappa shape index (κ1) is 27.3. The number of aryl methyl sites for hydroxylation is 1. The van der Waals surface area contributed by atoms with E-state index in [4.69, 9.17) is 14.2 Å². The third kappa shape index (κ3) is 5.02. The zero-order valence-electron chi connectivity index (χ0n) is 22.6. The highest BCUT2D eigenvalue weighted by molar-refractivity contribution is 7.90. The Balaban J connectivity index is 1.61. The number of fused-ring (bicyclic) bond motifs is 2. The molecule has 1 aromatic heterocycles. The van der Waals surface area contributed by atoms with Gasteiger partial charge in [0.05, 0.1) is 23.5 Å². The van der Waals surface area contributed by atoms with Crippen molar-refractivity contribution in [1.82, 2.24) is 9.29 Å². The number of benzene rings is 3. The molecule has 40 heavy (non-hydrogen) atoms. The highest BCUT2D eigenvalue weighted by Crippen LogP contribution is 2.39. The Morgan fingerprint density at radius 3 is 2.35 bits per heavy atom. The van der Waals surface area contributed by atoms with Crippen molar-refractivity contribution in [3.05, 3.63) is 89.1 Å². The van der Waals surface area contributed by atoms with Crippen LogP contribution in [-0.4, -0.2) is 38.8 Å². The standard InChI is InChI=1S/C30H30N2O7S/c1-5-32-16-24(23-12-8-21(14-25(23)32)30(34)37-4)28(20-9-13-26-27(15-20)39-17-38-26)29(33)31-40(35,36)22-10-6-19(7-11-22)18(2)3/h6-16,18,28H,5,17H2,1-4H3,(H,31,33). The van der Waals surface area contributed by atoms with E-state index in [9.17, 15) is 18.0 Å². The minimum absolute atomic E-state index is 0.00612. The van der Waals surface area contributed by atoms with Crippen LogP contribution < -0.4 is 14.2 Å². The summed E-state index contributed by atoms with van der Waals surface area (Å²) < 4.78 is 46.7. The van der Waals surface area contributed by atoms with Gasteiger partial charge >= 0.3 is 5.97 Å². The molecule has 1 aliphatic rings. The average Bonchev–Trinajstić information content (AvgIpc) is 3.56. The average molecular weight is 563 g/mol. The number of carbonyl (C=O) groups is 2. The molecule has 1 N–H and O–H groups in total. The summed E-state index contributed by atoms with van der Waals surface area (Å²) in [6.07, 6.45) is 1.81. The van der Waals surface area contributed by atoms with Crippen molar-refractivity contribution in [3.63, 3.8) is 0 Å². The summed E-state index contributed by atoms with van der Waals surface area (Å²) >= 11 is 0. The topological polar surface area (TPSA) is 113 Å². The van der Waals surface area contributed by atoms with Crippen LogP contribution in [0.1, 0.15) is 59.7 Å². The number of esters is 1. The second-order valence-electron chi connectivity index (χ2n) is 9.83. The lowest BCUT2D eigenvalue weighted by atomic mass is 9.90. The fraction of sp³-hybridized carbons (Fsp3) is 0.267. The number of rotatable bonds is 8. The maximum atomic E-state index is 13.9. The predicted molar refractivity (Wildman–Crippen MR) is 149 cm³/mol. The molecule has 0 saturated heterocycles. The lowest BCUT2D eigenvalue weighted by Gasteiger charge is -2.18. The van der Waals surface area contributed by atoms with Gasteiger partial charge in [0.1, 0.15) is 0 Å². The Bertz CT molecular complexity index is 1710. The van der Waals surface area contributed by atoms with E-state index in [-0.39, 0.29) is 17.6 Å². The van der Waals surface area contributed by atoms with Gasteiger partial charge in [0.25, 0.3) is 10.0 Å². The molecule has 10 heteroatoms. The maximum absolute atomic E-state index is 13.9. The van der Waals surface area contributed by atoms with Gasteiger partial charge < -0.3 is 18.8 Å². The van der Waals surface area contributed by atoms with Crippen molar-refractivity contribution >= 4 is 32.8 Å². The van der Waals surface area contributed by atoms with Gasteiger partial charge in [0.2, 0.25) is 12.7 Å². The minimum atomic E-state index is -4.17. The summed E-state index contributed by atoms with van der Waals surface area (Å²) in [5, 5.41) is 0.700. The van der Waals surface area contributed by atoms with Crippen LogP contribution in [-0.2, 0) is 26.1 Å². The molecule has 0 spiro atoms. The van der Waals surface area contributed by atoms with Crippen LogP contribution in [0.3, 0.4) is 0 Å². The molecule has 1 amide bonds. The highest BCUT2D eigenvalue weighted by Gasteiger charge is 2.32. The quantitative estimate of drug-likeness (QED) is 0.303. The van der Waals surface area contributed by atoms with E-state index in [1.165, 1.54) is 19.2 Å². The summed E-state index contributed by atoms with van der Waals surface area (Å²) in [6.45, 7) is 6.58. The molecule has 0 saturated carbocycles. The van der Waals surface area contributed by atoms with Crippen LogP contribution >= 0.6 is 0 Å². The Morgan fingerprint density at radius 1 is 0.975 bits per heavy atom. The van der Waals surface area contributed by atoms with Gasteiger partial charge in [-0.05, 0) is 65.9 Å². The summed E-state index contributed by atoms with van der Waals surface area (Å²) in [4.78, 5) is 26.1. The predicted octanol–water partition coefficient (Wildman–Crippen LogP) is 4.94. The summed E-state index contributed by atoms with van der Waals surface area (Å²) in [7, 11) is -2.86. The molecule has 3 aromatic carbocycles. The van der Waals surface area contributed by atoms with Gasteiger partial charge in [0, 0.05) is 23.6 Å². The Kier molecular flexibility index (Phi) is 7.29. The van der Waals surface area contributed by atoms with Crippen LogP contribution in [0.15, 0.2) is 71.8 Å². The highest BCUT2D eigenvalue weighted by atomic mass is 32.2.